The van der Waals surface area contributed by atoms with Crippen molar-refractivity contribution in [3.05, 3.63) is 23.7 Å². The zero-order chi connectivity index (χ0) is 12.3. The molecular weight excluding hydrogens is 221 g/mol. The van der Waals surface area contributed by atoms with E-state index in [1.807, 2.05) is 0 Å². The molecule has 4 unspecified atom stereocenters. The van der Waals surface area contributed by atoms with Gasteiger partial charge in [-0.05, 0) is 31.1 Å². The molecule has 0 N–H and O–H groups in total. The van der Waals surface area contributed by atoms with Crippen LogP contribution in [0.15, 0.2) is 23.7 Å². The zero-order valence-corrected chi connectivity index (χ0v) is 11.0. The summed E-state index contributed by atoms with van der Waals surface area (Å²) in [7, 11) is 6.01. The van der Waals surface area contributed by atoms with E-state index in [1.54, 1.807) is 0 Å². The molecule has 3 heteroatoms. The maximum Gasteiger partial charge on any atom is 0.113 e. The second-order valence-corrected chi connectivity index (χ2v) is 6.40. The van der Waals surface area contributed by atoms with E-state index in [-0.39, 0.29) is 0 Å². The van der Waals surface area contributed by atoms with E-state index in [2.05, 4.69) is 30.1 Å². The van der Waals surface area contributed by atoms with Gasteiger partial charge in [-0.3, -0.25) is 4.90 Å². The summed E-state index contributed by atoms with van der Waals surface area (Å²) in [5, 5.41) is 0. The molecule has 2 radical (unpaired) electrons. The van der Waals surface area contributed by atoms with Gasteiger partial charge in [0.25, 0.3) is 0 Å². The van der Waals surface area contributed by atoms with Crippen molar-refractivity contribution in [1.82, 2.24) is 4.90 Å². The monoisotopic (exact) mass is 241 g/mol. The maximum absolute atomic E-state index is 6.01. The Labute approximate surface area is 110 Å². The Morgan fingerprint density at radius 1 is 1.50 bits per heavy atom. The van der Waals surface area contributed by atoms with Crippen LogP contribution >= 0.6 is 0 Å². The van der Waals surface area contributed by atoms with Crippen LogP contribution < -0.4 is 0 Å². The molecule has 0 aromatic heterocycles. The van der Waals surface area contributed by atoms with Crippen LogP contribution in [0.5, 0.6) is 0 Å². The summed E-state index contributed by atoms with van der Waals surface area (Å²) in [5.41, 5.74) is 1.25. The summed E-state index contributed by atoms with van der Waals surface area (Å²) in [6.45, 7) is 4.37. The molecule has 1 spiro atoms. The number of fused-ring (bicyclic) bond motifs is 2. The third kappa shape index (κ3) is 1.27. The van der Waals surface area contributed by atoms with E-state index in [4.69, 9.17) is 12.6 Å². The second-order valence-electron chi connectivity index (χ2n) is 6.40. The fraction of sp³-hybridized carbons (Fsp3) is 0.733. The molecule has 2 aliphatic carbocycles. The third-order valence-corrected chi connectivity index (χ3v) is 5.73. The van der Waals surface area contributed by atoms with Crippen LogP contribution in [0.25, 0.3) is 0 Å². The maximum atomic E-state index is 6.01. The number of rotatable bonds is 0. The van der Waals surface area contributed by atoms with Crippen LogP contribution in [-0.2, 0) is 4.74 Å². The number of ether oxygens (including phenoxy) is 1. The van der Waals surface area contributed by atoms with Gasteiger partial charge in [0.15, 0.2) is 0 Å². The smallest absolute Gasteiger partial charge is 0.113 e. The lowest BCUT2D eigenvalue weighted by atomic mass is 9.57. The highest BCUT2D eigenvalue weighted by Crippen LogP contribution is 2.54. The average Bonchev–Trinajstić information content (AvgIpc) is 2.32. The Morgan fingerprint density at radius 3 is 3.17 bits per heavy atom. The second kappa shape index (κ2) is 3.74. The molecule has 5 atom stereocenters. The van der Waals surface area contributed by atoms with Crippen LogP contribution in [0.3, 0.4) is 0 Å². The molecule has 0 amide bonds. The Bertz CT molecular complexity index is 432. The van der Waals surface area contributed by atoms with Crippen LogP contribution in [0.4, 0.5) is 0 Å². The highest BCUT2D eigenvalue weighted by molar-refractivity contribution is 6.23. The molecule has 94 valence electrons. The molecule has 2 aliphatic heterocycles. The minimum absolute atomic E-state index is 0.321. The Morgan fingerprint density at radius 2 is 2.39 bits per heavy atom. The van der Waals surface area contributed by atoms with Crippen molar-refractivity contribution in [2.45, 2.75) is 43.9 Å². The number of nitrogens with zero attached hydrogens (tertiary/aromatic N) is 1. The molecule has 1 saturated carbocycles. The zero-order valence-electron chi connectivity index (χ0n) is 11.0. The lowest BCUT2D eigenvalue weighted by Crippen LogP contribution is -2.75. The minimum atomic E-state index is 0.321. The Balaban J connectivity index is 1.74. The highest BCUT2D eigenvalue weighted by Gasteiger charge is 2.61. The van der Waals surface area contributed by atoms with Crippen molar-refractivity contribution >= 4 is 7.85 Å². The summed E-state index contributed by atoms with van der Waals surface area (Å²) < 4.78 is 6.00. The van der Waals surface area contributed by atoms with Crippen LogP contribution in [0.2, 0.25) is 0 Å². The molecule has 18 heavy (non-hydrogen) atoms. The van der Waals surface area contributed by atoms with E-state index in [0.29, 0.717) is 23.6 Å². The van der Waals surface area contributed by atoms with Gasteiger partial charge >= 0.3 is 0 Å². The standard InChI is InChI=1S/C15H20BNO/c1-10-8-11-2-3-12(16)9-13(11)17-6-7-18-14-4-5-15(10,14)17/h2-3,9-11,13-14H,4-8H2,1H3/t10-,11?,13?,14?,15?/m1/s1. The molecule has 0 bridgehead atoms. The first-order valence-corrected chi connectivity index (χ1v) is 7.25. The first-order chi connectivity index (χ1) is 8.72. The Hall–Kier alpha value is -0.535. The van der Waals surface area contributed by atoms with E-state index in [9.17, 15) is 0 Å². The molecule has 0 aromatic carbocycles. The molecule has 4 rings (SSSR count). The van der Waals surface area contributed by atoms with Gasteiger partial charge in [0, 0.05) is 12.6 Å². The molecule has 0 aromatic rings. The van der Waals surface area contributed by atoms with Crippen molar-refractivity contribution in [1.29, 1.82) is 0 Å². The largest absolute Gasteiger partial charge is 0.375 e. The molecule has 3 fully saturated rings. The summed E-state index contributed by atoms with van der Waals surface area (Å²) in [5.74, 6) is 1.38. The van der Waals surface area contributed by atoms with E-state index in [1.165, 1.54) is 19.3 Å². The normalized spacial score (nSPS) is 50.6. The summed E-state index contributed by atoms with van der Waals surface area (Å²) >= 11 is 0. The van der Waals surface area contributed by atoms with Crippen LogP contribution in [0.1, 0.15) is 26.2 Å². The first-order valence-electron chi connectivity index (χ1n) is 7.25. The Kier molecular flexibility index (Phi) is 2.35. The minimum Gasteiger partial charge on any atom is -0.375 e. The van der Waals surface area contributed by atoms with Crippen LogP contribution in [0, 0.1) is 11.8 Å². The molecule has 4 aliphatic rings. The van der Waals surface area contributed by atoms with Crippen molar-refractivity contribution in [3.8, 4) is 0 Å². The fourth-order valence-electron chi connectivity index (χ4n) is 4.77. The fourth-order valence-corrected chi connectivity index (χ4v) is 4.77. The number of hydrogen-bond donors (Lipinski definition) is 0. The summed E-state index contributed by atoms with van der Waals surface area (Å²) in [6.07, 6.45) is 11.0. The number of morpholine rings is 1. The van der Waals surface area contributed by atoms with Gasteiger partial charge < -0.3 is 4.74 Å². The van der Waals surface area contributed by atoms with Crippen molar-refractivity contribution in [2.75, 3.05) is 13.2 Å². The third-order valence-electron chi connectivity index (χ3n) is 5.73. The predicted octanol–water partition coefficient (Wildman–Crippen LogP) is 1.87. The SMILES string of the molecule is [B]C1=CC2C(C=C1)C[C@@H](C)C13CCC1OCCN23. The first kappa shape index (κ1) is 11.3. The summed E-state index contributed by atoms with van der Waals surface area (Å²) in [4.78, 5) is 2.72. The van der Waals surface area contributed by atoms with E-state index >= 15 is 0 Å². The van der Waals surface area contributed by atoms with Crippen LogP contribution in [-0.4, -0.2) is 43.6 Å². The van der Waals surface area contributed by atoms with Gasteiger partial charge in [-0.15, -0.1) is 0 Å². The van der Waals surface area contributed by atoms with Gasteiger partial charge in [-0.25, -0.2) is 0 Å². The number of hydrogen-bond acceptors (Lipinski definition) is 2. The van der Waals surface area contributed by atoms with E-state index < -0.39 is 0 Å². The number of allylic oxidation sites excluding steroid dienone is 2. The lowest BCUT2D eigenvalue weighted by molar-refractivity contribution is -0.231. The van der Waals surface area contributed by atoms with Gasteiger partial charge in [-0.2, -0.15) is 0 Å². The quantitative estimate of drug-likeness (QED) is 0.600. The molecular formula is C15H20BNO. The molecule has 2 heterocycles. The topological polar surface area (TPSA) is 12.5 Å². The van der Waals surface area contributed by atoms with E-state index in [0.717, 1.165) is 24.5 Å². The lowest BCUT2D eigenvalue weighted by Gasteiger charge is -2.67. The summed E-state index contributed by atoms with van der Waals surface area (Å²) in [6, 6.07) is 0.512. The van der Waals surface area contributed by atoms with Crippen molar-refractivity contribution in [3.63, 3.8) is 0 Å². The molecule has 2 saturated heterocycles. The average molecular weight is 241 g/mol. The predicted molar refractivity (Wildman–Crippen MR) is 72.4 cm³/mol. The number of piperidine rings is 1. The van der Waals surface area contributed by atoms with Gasteiger partial charge in [0.05, 0.1) is 18.2 Å². The van der Waals surface area contributed by atoms with Gasteiger partial charge in [-0.1, -0.05) is 30.6 Å². The van der Waals surface area contributed by atoms with Crippen molar-refractivity contribution < 1.29 is 4.74 Å². The van der Waals surface area contributed by atoms with Gasteiger partial charge in [0.1, 0.15) is 7.85 Å². The van der Waals surface area contributed by atoms with Crippen molar-refractivity contribution in [2.24, 2.45) is 11.8 Å². The highest BCUT2D eigenvalue weighted by atomic mass is 16.5. The van der Waals surface area contributed by atoms with Gasteiger partial charge in [0.2, 0.25) is 0 Å². The molecule has 2 nitrogen and oxygen atoms in total.